The van der Waals surface area contributed by atoms with Gasteiger partial charge in [0.2, 0.25) is 0 Å². The summed E-state index contributed by atoms with van der Waals surface area (Å²) in [6, 6.07) is 6.63. The molecule has 4 heteroatoms. The maximum atomic E-state index is 12.3. The van der Waals surface area contributed by atoms with Crippen molar-refractivity contribution in [2.75, 3.05) is 6.61 Å². The van der Waals surface area contributed by atoms with Crippen molar-refractivity contribution < 1.29 is 19.1 Å². The molecule has 1 rings (SSSR count). The standard InChI is InChI=1S/C19H28O4/c1-5-7-10-15(6-2)13-22-18(20)16-11-8-9-12-17(16)19(21)23-14(3)4/h8-9,11-12,14-15H,5-7,10,13H2,1-4H3. The summed E-state index contributed by atoms with van der Waals surface area (Å²) in [6.07, 6.45) is 4.06. The van der Waals surface area contributed by atoms with Crippen molar-refractivity contribution in [2.24, 2.45) is 5.92 Å². The Balaban J connectivity index is 2.74. The molecular formula is C19H28O4. The van der Waals surface area contributed by atoms with Crippen LogP contribution in [0.25, 0.3) is 0 Å². The Bertz CT molecular complexity index is 508. The van der Waals surface area contributed by atoms with E-state index in [1.54, 1.807) is 38.1 Å². The van der Waals surface area contributed by atoms with Crippen LogP contribution in [0.5, 0.6) is 0 Å². The molecule has 1 atom stereocenters. The third-order valence-electron chi connectivity index (χ3n) is 3.70. The summed E-state index contributed by atoms with van der Waals surface area (Å²) in [7, 11) is 0. The molecule has 0 bridgehead atoms. The number of hydrogen-bond donors (Lipinski definition) is 0. The molecule has 4 nitrogen and oxygen atoms in total. The molecule has 0 spiro atoms. The highest BCUT2D eigenvalue weighted by molar-refractivity contribution is 6.03. The van der Waals surface area contributed by atoms with Gasteiger partial charge in [0.15, 0.2) is 0 Å². The molecule has 0 fully saturated rings. The van der Waals surface area contributed by atoms with Crippen LogP contribution in [0.2, 0.25) is 0 Å². The summed E-state index contributed by atoms with van der Waals surface area (Å²) in [5.41, 5.74) is 0.524. The van der Waals surface area contributed by atoms with Gasteiger partial charge in [-0.1, -0.05) is 45.2 Å². The average Bonchev–Trinajstić information content (AvgIpc) is 2.54. The van der Waals surface area contributed by atoms with Crippen molar-refractivity contribution in [3.8, 4) is 0 Å². The van der Waals surface area contributed by atoms with Crippen LogP contribution in [0.3, 0.4) is 0 Å². The first-order valence-electron chi connectivity index (χ1n) is 8.46. The van der Waals surface area contributed by atoms with Gasteiger partial charge in [-0.25, -0.2) is 9.59 Å². The minimum absolute atomic E-state index is 0.231. The van der Waals surface area contributed by atoms with E-state index in [4.69, 9.17) is 9.47 Å². The molecule has 128 valence electrons. The summed E-state index contributed by atoms with van der Waals surface area (Å²) in [5, 5.41) is 0. The van der Waals surface area contributed by atoms with Crippen molar-refractivity contribution in [1.29, 1.82) is 0 Å². The van der Waals surface area contributed by atoms with Crippen LogP contribution in [0, 0.1) is 5.92 Å². The van der Waals surface area contributed by atoms with E-state index in [-0.39, 0.29) is 17.2 Å². The van der Waals surface area contributed by atoms with E-state index in [1.165, 1.54) is 0 Å². The van der Waals surface area contributed by atoms with Gasteiger partial charge in [-0.05, 0) is 38.3 Å². The van der Waals surface area contributed by atoms with E-state index in [2.05, 4.69) is 13.8 Å². The minimum atomic E-state index is -0.495. The van der Waals surface area contributed by atoms with E-state index < -0.39 is 11.9 Å². The Morgan fingerprint density at radius 1 is 1.04 bits per heavy atom. The second-order valence-electron chi connectivity index (χ2n) is 6.01. The molecule has 0 N–H and O–H groups in total. The molecule has 1 aromatic carbocycles. The number of hydrogen-bond acceptors (Lipinski definition) is 4. The summed E-state index contributed by atoms with van der Waals surface area (Å²) in [5.74, 6) is -0.587. The first-order valence-corrected chi connectivity index (χ1v) is 8.46. The number of carbonyl (C=O) groups excluding carboxylic acids is 2. The van der Waals surface area contributed by atoms with E-state index >= 15 is 0 Å². The molecule has 0 saturated heterocycles. The monoisotopic (exact) mass is 320 g/mol. The number of esters is 2. The van der Waals surface area contributed by atoms with Gasteiger partial charge in [-0.2, -0.15) is 0 Å². The van der Waals surface area contributed by atoms with Gasteiger partial charge < -0.3 is 9.47 Å². The van der Waals surface area contributed by atoms with Crippen molar-refractivity contribution in [1.82, 2.24) is 0 Å². The third-order valence-corrected chi connectivity index (χ3v) is 3.70. The van der Waals surface area contributed by atoms with Gasteiger partial charge in [-0.15, -0.1) is 0 Å². The lowest BCUT2D eigenvalue weighted by molar-refractivity contribution is 0.0348. The molecule has 23 heavy (non-hydrogen) atoms. The first-order chi connectivity index (χ1) is 11.0. The van der Waals surface area contributed by atoms with Gasteiger partial charge in [0, 0.05) is 0 Å². The third kappa shape index (κ3) is 6.43. The summed E-state index contributed by atoms with van der Waals surface area (Å²) in [4.78, 5) is 24.4. The van der Waals surface area contributed by atoms with Crippen LogP contribution < -0.4 is 0 Å². The second-order valence-corrected chi connectivity index (χ2v) is 6.01. The Kier molecular flexibility index (Phi) is 8.38. The van der Waals surface area contributed by atoms with E-state index in [0.717, 1.165) is 25.7 Å². The molecule has 0 amide bonds. The molecule has 0 aliphatic rings. The average molecular weight is 320 g/mol. The number of carbonyl (C=O) groups is 2. The van der Waals surface area contributed by atoms with Gasteiger partial charge in [-0.3, -0.25) is 0 Å². The van der Waals surface area contributed by atoms with Crippen LogP contribution in [-0.4, -0.2) is 24.6 Å². The highest BCUT2D eigenvalue weighted by Gasteiger charge is 2.20. The lowest BCUT2D eigenvalue weighted by Gasteiger charge is -2.16. The Labute approximate surface area is 139 Å². The van der Waals surface area contributed by atoms with Crippen LogP contribution in [0.4, 0.5) is 0 Å². The van der Waals surface area contributed by atoms with Crippen LogP contribution in [0.15, 0.2) is 24.3 Å². The van der Waals surface area contributed by atoms with E-state index in [9.17, 15) is 9.59 Å². The lowest BCUT2D eigenvalue weighted by atomic mass is 10.0. The molecule has 1 aromatic rings. The van der Waals surface area contributed by atoms with Crippen molar-refractivity contribution >= 4 is 11.9 Å². The molecular weight excluding hydrogens is 292 g/mol. The number of ether oxygens (including phenoxy) is 2. The zero-order valence-corrected chi connectivity index (χ0v) is 14.6. The SMILES string of the molecule is CCCCC(CC)COC(=O)c1ccccc1C(=O)OC(C)C. The highest BCUT2D eigenvalue weighted by atomic mass is 16.5. The Hall–Kier alpha value is -1.84. The maximum Gasteiger partial charge on any atom is 0.339 e. The fraction of sp³-hybridized carbons (Fsp3) is 0.579. The maximum absolute atomic E-state index is 12.3. The second kappa shape index (κ2) is 10.0. The lowest BCUT2D eigenvalue weighted by Crippen LogP contribution is -2.19. The normalized spacial score (nSPS) is 12.0. The van der Waals surface area contributed by atoms with Crippen molar-refractivity contribution in [3.63, 3.8) is 0 Å². The van der Waals surface area contributed by atoms with E-state index in [0.29, 0.717) is 12.5 Å². The predicted octanol–water partition coefficient (Wildman–Crippen LogP) is 4.63. The summed E-state index contributed by atoms with van der Waals surface area (Å²) in [6.45, 7) is 8.19. The molecule has 0 aliphatic carbocycles. The number of unbranched alkanes of at least 4 members (excludes halogenated alkanes) is 1. The van der Waals surface area contributed by atoms with Crippen LogP contribution in [-0.2, 0) is 9.47 Å². The molecule has 0 aliphatic heterocycles. The van der Waals surface area contributed by atoms with Crippen molar-refractivity contribution in [3.05, 3.63) is 35.4 Å². The van der Waals surface area contributed by atoms with Gasteiger partial charge >= 0.3 is 11.9 Å². The summed E-state index contributed by atoms with van der Waals surface area (Å²) < 4.78 is 10.6. The largest absolute Gasteiger partial charge is 0.462 e. The van der Waals surface area contributed by atoms with Crippen LogP contribution in [0.1, 0.15) is 74.1 Å². The number of rotatable bonds is 9. The fourth-order valence-corrected chi connectivity index (χ4v) is 2.29. The molecule has 0 aromatic heterocycles. The fourth-order valence-electron chi connectivity index (χ4n) is 2.29. The zero-order chi connectivity index (χ0) is 17.2. The predicted molar refractivity (Wildman–Crippen MR) is 90.6 cm³/mol. The number of benzene rings is 1. The van der Waals surface area contributed by atoms with Crippen LogP contribution >= 0.6 is 0 Å². The zero-order valence-electron chi connectivity index (χ0n) is 14.6. The Morgan fingerprint density at radius 3 is 2.17 bits per heavy atom. The van der Waals surface area contributed by atoms with E-state index in [1.807, 2.05) is 0 Å². The van der Waals surface area contributed by atoms with Crippen molar-refractivity contribution in [2.45, 2.75) is 59.5 Å². The van der Waals surface area contributed by atoms with Gasteiger partial charge in [0.1, 0.15) is 0 Å². The van der Waals surface area contributed by atoms with Gasteiger partial charge in [0.25, 0.3) is 0 Å². The molecule has 0 heterocycles. The smallest absolute Gasteiger partial charge is 0.339 e. The quantitative estimate of drug-likeness (QED) is 0.623. The minimum Gasteiger partial charge on any atom is -0.462 e. The molecule has 1 unspecified atom stereocenters. The Morgan fingerprint density at radius 2 is 1.65 bits per heavy atom. The van der Waals surface area contributed by atoms with Gasteiger partial charge in [0.05, 0.1) is 23.8 Å². The molecule has 0 saturated carbocycles. The highest BCUT2D eigenvalue weighted by Crippen LogP contribution is 2.16. The molecule has 0 radical (unpaired) electrons. The summed E-state index contributed by atoms with van der Waals surface area (Å²) >= 11 is 0. The topological polar surface area (TPSA) is 52.6 Å². The first kappa shape index (κ1) is 19.2.